The van der Waals surface area contributed by atoms with Gasteiger partial charge in [-0.2, -0.15) is 0 Å². The Kier molecular flexibility index (Phi) is 4.68. The number of aromatic nitrogens is 1. The van der Waals surface area contributed by atoms with E-state index in [4.69, 9.17) is 0 Å². The van der Waals surface area contributed by atoms with Crippen LogP contribution in [0.3, 0.4) is 0 Å². The molecule has 0 aliphatic rings. The first kappa shape index (κ1) is 15.9. The van der Waals surface area contributed by atoms with Crippen LogP contribution >= 0.6 is 0 Å². The van der Waals surface area contributed by atoms with Crippen LogP contribution in [0.15, 0.2) is 67.0 Å². The monoisotopic (exact) mass is 318 g/mol. The first-order chi connectivity index (χ1) is 11.7. The molecule has 24 heavy (non-hydrogen) atoms. The number of pyridine rings is 1. The highest BCUT2D eigenvalue weighted by atomic mass is 16.3. The van der Waals surface area contributed by atoms with Crippen LogP contribution in [-0.4, -0.2) is 16.0 Å². The molecule has 0 spiro atoms. The standard InChI is InChI=1S/C20H18N2O2/c1-14-5-7-16(8-6-14)17-10-18(12-21-11-17)20(24)22-19-4-2-3-15(9-19)13-23/h2-12,23H,13H2,1H3,(H,22,24). The van der Waals surface area contributed by atoms with Crippen LogP contribution in [0.25, 0.3) is 11.1 Å². The lowest BCUT2D eigenvalue weighted by Gasteiger charge is -2.08. The zero-order valence-electron chi connectivity index (χ0n) is 13.4. The molecule has 2 N–H and O–H groups in total. The summed E-state index contributed by atoms with van der Waals surface area (Å²) in [7, 11) is 0. The predicted octanol–water partition coefficient (Wildman–Crippen LogP) is 3.80. The lowest BCUT2D eigenvalue weighted by molar-refractivity contribution is 0.102. The second-order valence-electron chi connectivity index (χ2n) is 5.64. The van der Waals surface area contributed by atoms with E-state index in [2.05, 4.69) is 10.3 Å². The van der Waals surface area contributed by atoms with Gasteiger partial charge in [0.25, 0.3) is 5.91 Å². The molecule has 0 saturated carbocycles. The molecule has 1 aromatic heterocycles. The Morgan fingerprint density at radius 1 is 1.04 bits per heavy atom. The summed E-state index contributed by atoms with van der Waals surface area (Å²) in [5, 5.41) is 12.0. The average molecular weight is 318 g/mol. The van der Waals surface area contributed by atoms with E-state index in [9.17, 15) is 9.90 Å². The third kappa shape index (κ3) is 3.67. The van der Waals surface area contributed by atoms with Crippen LogP contribution in [-0.2, 0) is 6.61 Å². The van der Waals surface area contributed by atoms with Crippen molar-refractivity contribution in [2.75, 3.05) is 5.32 Å². The van der Waals surface area contributed by atoms with Crippen LogP contribution in [0.5, 0.6) is 0 Å². The van der Waals surface area contributed by atoms with Crippen molar-refractivity contribution in [3.63, 3.8) is 0 Å². The highest BCUT2D eigenvalue weighted by Crippen LogP contribution is 2.20. The van der Waals surface area contributed by atoms with E-state index in [0.29, 0.717) is 11.3 Å². The quantitative estimate of drug-likeness (QED) is 0.769. The minimum absolute atomic E-state index is 0.0613. The van der Waals surface area contributed by atoms with Crippen molar-refractivity contribution >= 4 is 11.6 Å². The highest BCUT2D eigenvalue weighted by Gasteiger charge is 2.09. The lowest BCUT2D eigenvalue weighted by atomic mass is 10.0. The fourth-order valence-electron chi connectivity index (χ4n) is 2.42. The van der Waals surface area contributed by atoms with Crippen molar-refractivity contribution in [2.24, 2.45) is 0 Å². The Hall–Kier alpha value is -2.98. The summed E-state index contributed by atoms with van der Waals surface area (Å²) in [4.78, 5) is 16.6. The Bertz CT molecular complexity index is 858. The number of carbonyl (C=O) groups excluding carboxylic acids is 1. The van der Waals surface area contributed by atoms with Crippen LogP contribution < -0.4 is 5.32 Å². The van der Waals surface area contributed by atoms with Crippen LogP contribution in [0.4, 0.5) is 5.69 Å². The molecule has 0 aliphatic carbocycles. The number of hydrogen-bond donors (Lipinski definition) is 2. The molecule has 4 heteroatoms. The van der Waals surface area contributed by atoms with E-state index >= 15 is 0 Å². The molecular formula is C20H18N2O2. The zero-order chi connectivity index (χ0) is 16.9. The molecule has 120 valence electrons. The number of nitrogens with zero attached hydrogens (tertiary/aromatic N) is 1. The molecule has 0 atom stereocenters. The van der Waals surface area contributed by atoms with Gasteiger partial charge >= 0.3 is 0 Å². The van der Waals surface area contributed by atoms with Crippen LogP contribution in [0.2, 0.25) is 0 Å². The van der Waals surface area contributed by atoms with E-state index in [1.165, 1.54) is 5.56 Å². The minimum atomic E-state index is -0.230. The summed E-state index contributed by atoms with van der Waals surface area (Å²) < 4.78 is 0. The van der Waals surface area contributed by atoms with E-state index in [-0.39, 0.29) is 12.5 Å². The summed E-state index contributed by atoms with van der Waals surface area (Å²) in [5.74, 6) is -0.230. The molecule has 3 rings (SSSR count). The van der Waals surface area contributed by atoms with Crippen LogP contribution in [0, 0.1) is 6.92 Å². The molecule has 2 aromatic carbocycles. The summed E-state index contributed by atoms with van der Waals surface area (Å²) in [6.07, 6.45) is 3.29. The third-order valence-electron chi connectivity index (χ3n) is 3.75. The van der Waals surface area contributed by atoms with Crippen molar-refractivity contribution in [1.29, 1.82) is 0 Å². The topological polar surface area (TPSA) is 62.2 Å². The van der Waals surface area contributed by atoms with E-state index < -0.39 is 0 Å². The number of anilines is 1. The smallest absolute Gasteiger partial charge is 0.257 e. The molecule has 0 fully saturated rings. The maximum atomic E-state index is 12.4. The highest BCUT2D eigenvalue weighted by molar-refractivity contribution is 6.04. The SMILES string of the molecule is Cc1ccc(-c2cncc(C(=O)Nc3cccc(CO)c3)c2)cc1. The molecule has 0 radical (unpaired) electrons. The fraction of sp³-hybridized carbons (Fsp3) is 0.100. The molecule has 1 amide bonds. The second kappa shape index (κ2) is 7.06. The molecule has 4 nitrogen and oxygen atoms in total. The van der Waals surface area contributed by atoms with Gasteiger partial charge in [0, 0.05) is 23.6 Å². The summed E-state index contributed by atoms with van der Waals surface area (Å²) in [6.45, 7) is 1.97. The predicted molar refractivity (Wildman–Crippen MR) is 94.7 cm³/mol. The molecular weight excluding hydrogens is 300 g/mol. The Balaban J connectivity index is 1.82. The molecule has 3 aromatic rings. The van der Waals surface area contributed by atoms with Crippen molar-refractivity contribution < 1.29 is 9.90 Å². The number of nitrogens with one attached hydrogen (secondary N) is 1. The molecule has 0 saturated heterocycles. The van der Waals surface area contributed by atoms with Gasteiger partial charge in [0.1, 0.15) is 0 Å². The minimum Gasteiger partial charge on any atom is -0.392 e. The first-order valence-electron chi connectivity index (χ1n) is 7.69. The van der Waals surface area contributed by atoms with Gasteiger partial charge in [-0.1, -0.05) is 42.0 Å². The van der Waals surface area contributed by atoms with Gasteiger partial charge in [0.05, 0.1) is 12.2 Å². The average Bonchev–Trinajstić information content (AvgIpc) is 2.62. The normalized spacial score (nSPS) is 10.4. The second-order valence-corrected chi connectivity index (χ2v) is 5.64. The fourth-order valence-corrected chi connectivity index (χ4v) is 2.42. The van der Waals surface area contributed by atoms with E-state index in [1.54, 1.807) is 36.7 Å². The van der Waals surface area contributed by atoms with E-state index in [1.807, 2.05) is 37.3 Å². The number of benzene rings is 2. The number of rotatable bonds is 4. The van der Waals surface area contributed by atoms with Crippen LogP contribution in [0.1, 0.15) is 21.5 Å². The number of hydrogen-bond acceptors (Lipinski definition) is 3. The van der Waals surface area contributed by atoms with E-state index in [0.717, 1.165) is 16.7 Å². The number of aliphatic hydroxyl groups excluding tert-OH is 1. The van der Waals surface area contributed by atoms with Gasteiger partial charge in [0.2, 0.25) is 0 Å². The molecule has 0 unspecified atom stereocenters. The van der Waals surface area contributed by atoms with Gasteiger partial charge in [-0.25, -0.2) is 0 Å². The largest absolute Gasteiger partial charge is 0.392 e. The van der Waals surface area contributed by atoms with Crippen molar-refractivity contribution in [3.8, 4) is 11.1 Å². The summed E-state index contributed by atoms with van der Waals surface area (Å²) in [6, 6.07) is 17.0. The lowest BCUT2D eigenvalue weighted by Crippen LogP contribution is -2.12. The number of carbonyl (C=O) groups is 1. The number of amides is 1. The van der Waals surface area contributed by atoms with Crippen molar-refractivity contribution in [1.82, 2.24) is 4.98 Å². The Morgan fingerprint density at radius 3 is 2.58 bits per heavy atom. The Morgan fingerprint density at radius 2 is 1.83 bits per heavy atom. The molecule has 1 heterocycles. The zero-order valence-corrected chi connectivity index (χ0v) is 13.4. The van der Waals surface area contributed by atoms with Gasteiger partial charge in [-0.05, 0) is 36.2 Å². The summed E-state index contributed by atoms with van der Waals surface area (Å²) >= 11 is 0. The summed E-state index contributed by atoms with van der Waals surface area (Å²) in [5.41, 5.74) is 4.98. The third-order valence-corrected chi connectivity index (χ3v) is 3.75. The first-order valence-corrected chi connectivity index (χ1v) is 7.69. The maximum absolute atomic E-state index is 12.4. The number of aliphatic hydroxyl groups is 1. The van der Waals surface area contributed by atoms with Gasteiger partial charge in [0.15, 0.2) is 0 Å². The Labute approximate surface area is 140 Å². The maximum Gasteiger partial charge on any atom is 0.257 e. The van der Waals surface area contributed by atoms with Crippen molar-refractivity contribution in [2.45, 2.75) is 13.5 Å². The van der Waals surface area contributed by atoms with Gasteiger partial charge in [-0.3, -0.25) is 9.78 Å². The number of aryl methyl sites for hydroxylation is 1. The van der Waals surface area contributed by atoms with Gasteiger partial charge < -0.3 is 10.4 Å². The van der Waals surface area contributed by atoms with Crippen molar-refractivity contribution in [3.05, 3.63) is 83.7 Å². The molecule has 0 aliphatic heterocycles. The van der Waals surface area contributed by atoms with Gasteiger partial charge in [-0.15, -0.1) is 0 Å². The molecule has 0 bridgehead atoms.